The van der Waals surface area contributed by atoms with E-state index in [4.69, 9.17) is 5.11 Å². The first-order chi connectivity index (χ1) is 9.31. The summed E-state index contributed by atoms with van der Waals surface area (Å²) < 4.78 is 26.3. The lowest BCUT2D eigenvalue weighted by Crippen LogP contribution is -2.14. The number of hydrogen-bond acceptors (Lipinski definition) is 4. The largest absolute Gasteiger partial charge is 0.478 e. The molecule has 0 bridgehead atoms. The quantitative estimate of drug-likeness (QED) is 0.791. The van der Waals surface area contributed by atoms with Crippen LogP contribution in [0.15, 0.2) is 29.7 Å². The number of anilines is 1. The van der Waals surface area contributed by atoms with Gasteiger partial charge in [-0.25, -0.2) is 9.78 Å². The fraction of sp³-hybridized carbons (Fsp3) is 0.167. The molecule has 20 heavy (non-hydrogen) atoms. The number of imidazole rings is 1. The summed E-state index contributed by atoms with van der Waals surface area (Å²) in [6.45, 7) is 3.39. The first kappa shape index (κ1) is 14.1. The highest BCUT2D eigenvalue weighted by molar-refractivity contribution is 7.92. The Hall–Kier alpha value is -2.35. The minimum atomic E-state index is -3.80. The van der Waals surface area contributed by atoms with Gasteiger partial charge in [0.2, 0.25) is 0 Å². The summed E-state index contributed by atoms with van der Waals surface area (Å²) in [5.41, 5.74) is 1.54. The smallest absolute Gasteiger partial charge is 0.336 e. The zero-order chi connectivity index (χ0) is 14.9. The van der Waals surface area contributed by atoms with Gasteiger partial charge in [-0.2, -0.15) is 8.42 Å². The number of aromatic nitrogens is 2. The summed E-state index contributed by atoms with van der Waals surface area (Å²) in [6, 6.07) is 2.87. The summed E-state index contributed by atoms with van der Waals surface area (Å²) in [6.07, 6.45) is 2.42. The number of sulfonamides is 1. The molecule has 2 aromatic rings. The number of rotatable bonds is 4. The van der Waals surface area contributed by atoms with Crippen LogP contribution in [0.2, 0.25) is 0 Å². The van der Waals surface area contributed by atoms with Crippen molar-refractivity contribution in [3.63, 3.8) is 0 Å². The van der Waals surface area contributed by atoms with Crippen LogP contribution in [-0.4, -0.2) is 29.5 Å². The van der Waals surface area contributed by atoms with Gasteiger partial charge in [0, 0.05) is 0 Å². The molecule has 0 saturated heterocycles. The monoisotopic (exact) mass is 295 g/mol. The van der Waals surface area contributed by atoms with Crippen molar-refractivity contribution in [2.75, 3.05) is 4.72 Å². The molecule has 0 aliphatic carbocycles. The number of carbonyl (C=O) groups is 1. The minimum Gasteiger partial charge on any atom is -0.478 e. The predicted molar refractivity (Wildman–Crippen MR) is 72.3 cm³/mol. The van der Waals surface area contributed by atoms with Crippen molar-refractivity contribution >= 4 is 21.7 Å². The predicted octanol–water partition coefficient (Wildman–Crippen LogP) is 1.53. The highest BCUT2D eigenvalue weighted by Crippen LogP contribution is 2.22. The first-order valence-electron chi connectivity index (χ1n) is 5.67. The SMILES string of the molecule is Cc1cc(NS(=O)(=O)c2cnc[nH]2)cc(C(=O)O)c1C. The number of H-pyrrole nitrogens is 1. The molecule has 1 heterocycles. The second-order valence-electron chi connectivity index (χ2n) is 4.29. The van der Waals surface area contributed by atoms with Gasteiger partial charge in [-0.3, -0.25) is 4.72 Å². The second kappa shape index (κ2) is 4.97. The fourth-order valence-corrected chi connectivity index (χ4v) is 2.69. The van der Waals surface area contributed by atoms with Crippen LogP contribution in [0.3, 0.4) is 0 Å². The average molecular weight is 295 g/mol. The lowest BCUT2D eigenvalue weighted by molar-refractivity contribution is 0.0696. The van der Waals surface area contributed by atoms with Gasteiger partial charge in [0.1, 0.15) is 0 Å². The Morgan fingerprint density at radius 1 is 1.35 bits per heavy atom. The van der Waals surface area contributed by atoms with Gasteiger partial charge >= 0.3 is 5.97 Å². The lowest BCUT2D eigenvalue weighted by Gasteiger charge is -2.11. The molecule has 0 amide bonds. The molecular formula is C12H13N3O4S. The maximum Gasteiger partial charge on any atom is 0.336 e. The van der Waals surface area contributed by atoms with Crippen LogP contribution < -0.4 is 4.72 Å². The van der Waals surface area contributed by atoms with Crippen molar-refractivity contribution in [3.8, 4) is 0 Å². The van der Waals surface area contributed by atoms with Crippen molar-refractivity contribution in [3.05, 3.63) is 41.3 Å². The number of aryl methyl sites for hydroxylation is 1. The number of carboxylic acids is 1. The van der Waals surface area contributed by atoms with Gasteiger partial charge in [-0.1, -0.05) is 0 Å². The number of benzene rings is 1. The van der Waals surface area contributed by atoms with Crippen LogP contribution in [0.4, 0.5) is 5.69 Å². The van der Waals surface area contributed by atoms with Crippen LogP contribution in [0.5, 0.6) is 0 Å². The minimum absolute atomic E-state index is 0.0623. The maximum absolute atomic E-state index is 12.0. The molecular weight excluding hydrogens is 282 g/mol. The Balaban J connectivity index is 2.43. The molecule has 0 atom stereocenters. The molecule has 106 valence electrons. The molecule has 2 rings (SSSR count). The standard InChI is InChI=1S/C12H13N3O4S/c1-7-3-9(4-10(8(7)2)12(16)17)15-20(18,19)11-5-13-6-14-11/h3-6,15H,1-2H3,(H,13,14)(H,16,17). The van der Waals surface area contributed by atoms with Crippen LogP contribution >= 0.6 is 0 Å². The van der Waals surface area contributed by atoms with E-state index in [2.05, 4.69) is 14.7 Å². The molecule has 1 aromatic carbocycles. The first-order valence-corrected chi connectivity index (χ1v) is 7.15. The van der Waals surface area contributed by atoms with E-state index in [-0.39, 0.29) is 16.3 Å². The highest BCUT2D eigenvalue weighted by atomic mass is 32.2. The van der Waals surface area contributed by atoms with Gasteiger partial charge in [0.05, 0.1) is 23.8 Å². The topological polar surface area (TPSA) is 112 Å². The summed E-state index contributed by atoms with van der Waals surface area (Å²) in [5.74, 6) is -1.10. The Bertz CT molecular complexity index is 751. The Morgan fingerprint density at radius 2 is 2.05 bits per heavy atom. The molecule has 0 aliphatic heterocycles. The molecule has 0 radical (unpaired) electrons. The van der Waals surface area contributed by atoms with Gasteiger partial charge in [0.25, 0.3) is 10.0 Å². The molecule has 0 saturated carbocycles. The van der Waals surface area contributed by atoms with Crippen molar-refractivity contribution < 1.29 is 18.3 Å². The van der Waals surface area contributed by atoms with Crippen molar-refractivity contribution in [1.82, 2.24) is 9.97 Å². The fourth-order valence-electron chi connectivity index (χ4n) is 1.74. The van der Waals surface area contributed by atoms with Gasteiger partial charge in [-0.05, 0) is 37.1 Å². The third kappa shape index (κ3) is 2.64. The number of carboxylic acid groups (broad SMARTS) is 1. The Labute approximate surface area is 115 Å². The lowest BCUT2D eigenvalue weighted by atomic mass is 10.0. The molecule has 3 N–H and O–H groups in total. The average Bonchev–Trinajstić information content (AvgIpc) is 2.87. The van der Waals surface area contributed by atoms with Gasteiger partial charge in [-0.15, -0.1) is 0 Å². The zero-order valence-corrected chi connectivity index (χ0v) is 11.7. The summed E-state index contributed by atoms with van der Waals surface area (Å²) in [7, 11) is -3.80. The van der Waals surface area contributed by atoms with E-state index in [0.717, 1.165) is 0 Å². The maximum atomic E-state index is 12.0. The van der Waals surface area contributed by atoms with E-state index in [1.165, 1.54) is 18.6 Å². The van der Waals surface area contributed by atoms with E-state index in [9.17, 15) is 13.2 Å². The van der Waals surface area contributed by atoms with Gasteiger partial charge in [0.15, 0.2) is 5.03 Å². The number of aromatic amines is 1. The number of hydrogen-bond donors (Lipinski definition) is 3. The van der Waals surface area contributed by atoms with E-state index in [1.54, 1.807) is 19.9 Å². The summed E-state index contributed by atoms with van der Waals surface area (Å²) >= 11 is 0. The molecule has 8 heteroatoms. The third-order valence-electron chi connectivity index (χ3n) is 2.91. The molecule has 0 unspecified atom stereocenters. The molecule has 7 nitrogen and oxygen atoms in total. The van der Waals surface area contributed by atoms with E-state index < -0.39 is 16.0 Å². The number of nitrogens with zero attached hydrogens (tertiary/aromatic N) is 1. The Morgan fingerprint density at radius 3 is 2.60 bits per heavy atom. The zero-order valence-electron chi connectivity index (χ0n) is 10.8. The molecule has 0 spiro atoms. The van der Waals surface area contributed by atoms with Crippen molar-refractivity contribution in [1.29, 1.82) is 0 Å². The third-order valence-corrected chi connectivity index (χ3v) is 4.22. The molecule has 0 fully saturated rings. The van der Waals surface area contributed by atoms with Crippen LogP contribution in [0.1, 0.15) is 21.5 Å². The second-order valence-corrected chi connectivity index (χ2v) is 5.94. The van der Waals surface area contributed by atoms with E-state index in [1.807, 2.05) is 0 Å². The van der Waals surface area contributed by atoms with E-state index >= 15 is 0 Å². The van der Waals surface area contributed by atoms with Gasteiger partial charge < -0.3 is 10.1 Å². The van der Waals surface area contributed by atoms with Crippen molar-refractivity contribution in [2.24, 2.45) is 0 Å². The molecule has 0 aliphatic rings. The van der Waals surface area contributed by atoms with Crippen LogP contribution in [0, 0.1) is 13.8 Å². The number of nitrogens with one attached hydrogen (secondary N) is 2. The van der Waals surface area contributed by atoms with Crippen LogP contribution in [-0.2, 0) is 10.0 Å². The number of aromatic carboxylic acids is 1. The van der Waals surface area contributed by atoms with Crippen LogP contribution in [0.25, 0.3) is 0 Å². The summed E-state index contributed by atoms with van der Waals surface area (Å²) in [4.78, 5) is 17.2. The molecule has 1 aromatic heterocycles. The van der Waals surface area contributed by atoms with E-state index in [0.29, 0.717) is 11.1 Å². The normalized spacial score (nSPS) is 11.3. The van der Waals surface area contributed by atoms with Crippen molar-refractivity contribution in [2.45, 2.75) is 18.9 Å². The Kier molecular flexibility index (Phi) is 3.49. The highest BCUT2D eigenvalue weighted by Gasteiger charge is 2.18. The summed E-state index contributed by atoms with van der Waals surface area (Å²) in [5, 5.41) is 9.01.